The Kier molecular flexibility index (Phi) is 7.73. The molecule has 0 heterocycles. The molecule has 6 heteroatoms. The summed E-state index contributed by atoms with van der Waals surface area (Å²) in [5, 5.41) is 18.6. The van der Waals surface area contributed by atoms with Gasteiger partial charge in [-0.15, -0.1) is 0 Å². The Morgan fingerprint density at radius 3 is 2.64 bits per heavy atom. The number of halogens is 1. The molecule has 5 nitrogen and oxygen atoms in total. The highest BCUT2D eigenvalue weighted by Gasteiger charge is 2.09. The molecule has 0 unspecified atom stereocenters. The second-order valence-corrected chi connectivity index (χ2v) is 6.08. The van der Waals surface area contributed by atoms with Crippen LogP contribution in [0.2, 0.25) is 5.02 Å². The Balaban J connectivity index is 1.97. The molecule has 0 aromatic heterocycles. The number of aliphatic hydroxyl groups excluding tert-OH is 1. The maximum Gasteiger partial charge on any atom is 0.304 e. The van der Waals surface area contributed by atoms with Crippen LogP contribution in [0.3, 0.4) is 0 Å². The monoisotopic (exact) mass is 363 g/mol. The highest BCUT2D eigenvalue weighted by molar-refractivity contribution is 6.31. The first-order valence-corrected chi connectivity index (χ1v) is 8.46. The fraction of sp³-hybridized carbons (Fsp3) is 0.316. The van der Waals surface area contributed by atoms with Gasteiger partial charge in [0.15, 0.2) is 0 Å². The van der Waals surface area contributed by atoms with Gasteiger partial charge in [0.25, 0.3) is 0 Å². The molecule has 0 fully saturated rings. The molecule has 25 heavy (non-hydrogen) atoms. The predicted molar refractivity (Wildman–Crippen MR) is 96.8 cm³/mol. The summed E-state index contributed by atoms with van der Waals surface area (Å²) >= 11 is 6.13. The van der Waals surface area contributed by atoms with Crippen molar-refractivity contribution in [1.82, 2.24) is 4.90 Å². The first kappa shape index (κ1) is 19.2. The molecule has 0 aliphatic rings. The van der Waals surface area contributed by atoms with Gasteiger partial charge in [-0.05, 0) is 23.8 Å². The minimum Gasteiger partial charge on any atom is -0.489 e. The topological polar surface area (TPSA) is 70.0 Å². The molecule has 0 radical (unpaired) electrons. The third kappa shape index (κ3) is 6.74. The van der Waals surface area contributed by atoms with Gasteiger partial charge in [-0.2, -0.15) is 0 Å². The standard InChI is InChI=1S/C19H22ClNO4/c20-18-7-2-1-5-16(18)14-25-17-6-3-4-15(12-17)13-21(10-11-22)9-8-19(23)24/h1-7,12,22H,8-11,13-14H2,(H,23,24). The van der Waals surface area contributed by atoms with Crippen LogP contribution in [0.15, 0.2) is 48.5 Å². The van der Waals surface area contributed by atoms with E-state index in [-0.39, 0.29) is 13.0 Å². The van der Waals surface area contributed by atoms with Gasteiger partial charge in [0.05, 0.1) is 13.0 Å². The van der Waals surface area contributed by atoms with E-state index < -0.39 is 5.97 Å². The Morgan fingerprint density at radius 1 is 1.12 bits per heavy atom. The van der Waals surface area contributed by atoms with Crippen LogP contribution in [0.5, 0.6) is 5.75 Å². The molecule has 0 aliphatic carbocycles. The van der Waals surface area contributed by atoms with E-state index in [2.05, 4.69) is 0 Å². The fourth-order valence-corrected chi connectivity index (χ4v) is 2.62. The lowest BCUT2D eigenvalue weighted by Crippen LogP contribution is -2.28. The molecule has 2 rings (SSSR count). The first-order valence-electron chi connectivity index (χ1n) is 8.08. The zero-order valence-electron chi connectivity index (χ0n) is 13.9. The second-order valence-electron chi connectivity index (χ2n) is 5.67. The molecule has 0 spiro atoms. The van der Waals surface area contributed by atoms with Crippen LogP contribution in [-0.4, -0.2) is 40.8 Å². The average Bonchev–Trinajstić information content (AvgIpc) is 2.59. The molecule has 0 amide bonds. The van der Waals surface area contributed by atoms with Crippen LogP contribution in [-0.2, 0) is 17.9 Å². The molecule has 134 valence electrons. The third-order valence-electron chi connectivity index (χ3n) is 3.71. The minimum absolute atomic E-state index is 0.0116. The highest BCUT2D eigenvalue weighted by Crippen LogP contribution is 2.20. The first-order chi connectivity index (χ1) is 12.1. The Labute approximate surface area is 152 Å². The van der Waals surface area contributed by atoms with Crippen molar-refractivity contribution in [2.75, 3.05) is 19.7 Å². The van der Waals surface area contributed by atoms with Crippen LogP contribution in [0.4, 0.5) is 0 Å². The van der Waals surface area contributed by atoms with Gasteiger partial charge in [-0.25, -0.2) is 0 Å². The Bertz CT molecular complexity index is 693. The zero-order valence-corrected chi connectivity index (χ0v) is 14.7. The maximum atomic E-state index is 10.7. The molecule has 0 saturated heterocycles. The van der Waals surface area contributed by atoms with Gasteiger partial charge in [-0.3, -0.25) is 9.69 Å². The van der Waals surface area contributed by atoms with E-state index in [9.17, 15) is 4.79 Å². The lowest BCUT2D eigenvalue weighted by atomic mass is 10.2. The van der Waals surface area contributed by atoms with Crippen molar-refractivity contribution in [3.63, 3.8) is 0 Å². The van der Waals surface area contributed by atoms with E-state index in [0.29, 0.717) is 31.3 Å². The number of nitrogens with zero attached hydrogens (tertiary/aromatic N) is 1. The summed E-state index contributed by atoms with van der Waals surface area (Å²) in [5.41, 5.74) is 1.91. The van der Waals surface area contributed by atoms with Gasteiger partial charge in [0.1, 0.15) is 12.4 Å². The zero-order chi connectivity index (χ0) is 18.1. The van der Waals surface area contributed by atoms with Crippen LogP contribution in [0.1, 0.15) is 17.5 Å². The van der Waals surface area contributed by atoms with Crippen LogP contribution in [0, 0.1) is 0 Å². The summed E-state index contributed by atoms with van der Waals surface area (Å²) in [6, 6.07) is 15.2. The van der Waals surface area contributed by atoms with E-state index in [4.69, 9.17) is 26.6 Å². The number of rotatable bonds is 10. The minimum atomic E-state index is -0.847. The van der Waals surface area contributed by atoms with Crippen LogP contribution >= 0.6 is 11.6 Å². The third-order valence-corrected chi connectivity index (χ3v) is 4.08. The van der Waals surface area contributed by atoms with E-state index in [1.165, 1.54) is 0 Å². The summed E-state index contributed by atoms with van der Waals surface area (Å²) in [4.78, 5) is 12.6. The summed E-state index contributed by atoms with van der Waals surface area (Å²) in [6.07, 6.45) is 0.0443. The van der Waals surface area contributed by atoms with E-state index in [0.717, 1.165) is 16.9 Å². The maximum absolute atomic E-state index is 10.7. The summed E-state index contributed by atoms with van der Waals surface area (Å²) in [5.74, 6) is -0.126. The molecule has 0 aliphatic heterocycles. The van der Waals surface area contributed by atoms with E-state index >= 15 is 0 Å². The quantitative estimate of drug-likeness (QED) is 0.678. The SMILES string of the molecule is O=C(O)CCN(CCO)Cc1cccc(OCc2ccccc2Cl)c1. The molecule has 2 aromatic carbocycles. The molecular formula is C19H22ClNO4. The largest absolute Gasteiger partial charge is 0.489 e. The second kappa shape index (κ2) is 10.0. The number of hydrogen-bond donors (Lipinski definition) is 2. The van der Waals surface area contributed by atoms with Gasteiger partial charge < -0.3 is 14.9 Å². The number of hydrogen-bond acceptors (Lipinski definition) is 4. The van der Waals surface area contributed by atoms with Crippen LogP contribution in [0.25, 0.3) is 0 Å². The Morgan fingerprint density at radius 2 is 1.92 bits per heavy atom. The van der Waals surface area contributed by atoms with Gasteiger partial charge >= 0.3 is 5.97 Å². The lowest BCUT2D eigenvalue weighted by molar-refractivity contribution is -0.137. The molecule has 0 bridgehead atoms. The highest BCUT2D eigenvalue weighted by atomic mass is 35.5. The fourth-order valence-electron chi connectivity index (χ4n) is 2.43. The van der Waals surface area contributed by atoms with Crippen molar-refractivity contribution in [2.24, 2.45) is 0 Å². The molecule has 0 saturated carbocycles. The number of ether oxygens (including phenoxy) is 1. The van der Waals surface area contributed by atoms with E-state index in [1.807, 2.05) is 53.4 Å². The summed E-state index contributed by atoms with van der Waals surface area (Å²) < 4.78 is 5.81. The van der Waals surface area contributed by atoms with Gasteiger partial charge in [0, 0.05) is 30.2 Å². The van der Waals surface area contributed by atoms with Crippen LogP contribution < -0.4 is 4.74 Å². The number of benzene rings is 2. The van der Waals surface area contributed by atoms with Gasteiger partial charge in [-0.1, -0.05) is 41.9 Å². The smallest absolute Gasteiger partial charge is 0.304 e. The van der Waals surface area contributed by atoms with Crippen molar-refractivity contribution < 1.29 is 19.7 Å². The number of carboxylic acid groups (broad SMARTS) is 1. The number of carbonyl (C=O) groups is 1. The number of carboxylic acids is 1. The van der Waals surface area contributed by atoms with Crippen molar-refractivity contribution in [2.45, 2.75) is 19.6 Å². The molecule has 2 aromatic rings. The van der Waals surface area contributed by atoms with E-state index in [1.54, 1.807) is 0 Å². The predicted octanol–water partition coefficient (Wildman–Crippen LogP) is 3.19. The van der Waals surface area contributed by atoms with Crippen molar-refractivity contribution >= 4 is 17.6 Å². The summed E-state index contributed by atoms with van der Waals surface area (Å²) in [7, 11) is 0. The normalized spacial score (nSPS) is 10.8. The Hall–Kier alpha value is -2.08. The molecule has 2 N–H and O–H groups in total. The summed E-state index contributed by atoms with van der Waals surface area (Å²) in [6.45, 7) is 1.74. The average molecular weight is 364 g/mol. The van der Waals surface area contributed by atoms with Crippen molar-refractivity contribution in [3.05, 3.63) is 64.7 Å². The van der Waals surface area contributed by atoms with Crippen molar-refractivity contribution in [1.29, 1.82) is 0 Å². The number of aliphatic hydroxyl groups is 1. The molecular weight excluding hydrogens is 342 g/mol. The number of aliphatic carboxylic acids is 1. The van der Waals surface area contributed by atoms with Crippen molar-refractivity contribution in [3.8, 4) is 5.75 Å². The lowest BCUT2D eigenvalue weighted by Gasteiger charge is -2.20. The molecule has 0 atom stereocenters. The van der Waals surface area contributed by atoms with Gasteiger partial charge in [0.2, 0.25) is 0 Å².